The van der Waals surface area contributed by atoms with Crippen LogP contribution >= 0.6 is 0 Å². The smallest absolute Gasteiger partial charge is 0.298 e. The van der Waals surface area contributed by atoms with Gasteiger partial charge in [0.05, 0.1) is 0 Å². The van der Waals surface area contributed by atoms with E-state index in [1.807, 2.05) is 24.3 Å². The third-order valence-corrected chi connectivity index (χ3v) is 3.18. The van der Waals surface area contributed by atoms with Gasteiger partial charge in [0.15, 0.2) is 5.58 Å². The van der Waals surface area contributed by atoms with Crippen molar-refractivity contribution in [2.75, 3.05) is 18.0 Å². The third kappa shape index (κ3) is 1.46. The van der Waals surface area contributed by atoms with Crippen molar-refractivity contribution in [3.05, 3.63) is 24.3 Å². The van der Waals surface area contributed by atoms with Gasteiger partial charge in [0.2, 0.25) is 0 Å². The molecule has 1 aliphatic heterocycles. The Hall–Kier alpha value is -1.55. The van der Waals surface area contributed by atoms with E-state index in [0.29, 0.717) is 18.6 Å². The molecule has 0 amide bonds. The second-order valence-electron chi connectivity index (χ2n) is 4.19. The fourth-order valence-electron chi connectivity index (χ4n) is 2.32. The molecule has 2 N–H and O–H groups in total. The maximum Gasteiger partial charge on any atom is 0.298 e. The minimum atomic E-state index is 0.382. The van der Waals surface area contributed by atoms with Crippen molar-refractivity contribution in [2.24, 2.45) is 5.73 Å². The molecular weight excluding hydrogens is 202 g/mol. The molecule has 1 aliphatic rings. The maximum atomic E-state index is 5.74. The maximum absolute atomic E-state index is 5.74. The number of anilines is 1. The van der Waals surface area contributed by atoms with Crippen LogP contribution in [0.5, 0.6) is 0 Å². The summed E-state index contributed by atoms with van der Waals surface area (Å²) in [7, 11) is 0. The molecule has 2 aromatic rings. The quantitative estimate of drug-likeness (QED) is 0.832. The number of rotatable bonds is 2. The lowest BCUT2D eigenvalue weighted by atomic mass is 10.2. The van der Waals surface area contributed by atoms with E-state index in [9.17, 15) is 0 Å². The molecule has 3 rings (SSSR count). The SMILES string of the molecule is NC[C@@H]1CCCN1c1nc2ccccc2o1. The predicted octanol–water partition coefficient (Wildman–Crippen LogP) is 1.76. The molecule has 0 saturated carbocycles. The van der Waals surface area contributed by atoms with Crippen LogP contribution in [-0.4, -0.2) is 24.1 Å². The summed E-state index contributed by atoms with van der Waals surface area (Å²) in [5, 5.41) is 0. The fourth-order valence-corrected chi connectivity index (χ4v) is 2.32. The Morgan fingerprint density at radius 3 is 3.12 bits per heavy atom. The number of hydrogen-bond acceptors (Lipinski definition) is 4. The van der Waals surface area contributed by atoms with E-state index in [0.717, 1.165) is 24.1 Å². The number of nitrogens with two attached hydrogens (primary N) is 1. The Balaban J connectivity index is 1.99. The van der Waals surface area contributed by atoms with Crippen LogP contribution < -0.4 is 10.6 Å². The second kappa shape index (κ2) is 3.79. The molecule has 4 heteroatoms. The minimum absolute atomic E-state index is 0.382. The number of hydrogen-bond donors (Lipinski definition) is 1. The van der Waals surface area contributed by atoms with Crippen LogP contribution in [0.3, 0.4) is 0 Å². The van der Waals surface area contributed by atoms with Gasteiger partial charge in [-0.15, -0.1) is 0 Å². The molecule has 1 fully saturated rings. The zero-order chi connectivity index (χ0) is 11.0. The van der Waals surface area contributed by atoms with E-state index in [-0.39, 0.29) is 0 Å². The molecule has 0 radical (unpaired) electrons. The second-order valence-corrected chi connectivity index (χ2v) is 4.19. The van der Waals surface area contributed by atoms with Gasteiger partial charge in [0.25, 0.3) is 6.01 Å². The summed E-state index contributed by atoms with van der Waals surface area (Å²) in [5.74, 6) is 0. The monoisotopic (exact) mass is 217 g/mol. The average molecular weight is 217 g/mol. The summed E-state index contributed by atoms with van der Waals surface area (Å²) in [5.41, 5.74) is 7.51. The van der Waals surface area contributed by atoms with E-state index in [2.05, 4.69) is 9.88 Å². The molecule has 0 unspecified atom stereocenters. The van der Waals surface area contributed by atoms with Crippen LogP contribution in [0.4, 0.5) is 6.01 Å². The lowest BCUT2D eigenvalue weighted by Crippen LogP contribution is -2.35. The molecule has 1 aromatic carbocycles. The molecule has 2 heterocycles. The summed E-state index contributed by atoms with van der Waals surface area (Å²) in [6.07, 6.45) is 2.30. The van der Waals surface area contributed by atoms with Crippen LogP contribution in [-0.2, 0) is 0 Å². The predicted molar refractivity (Wildman–Crippen MR) is 63.4 cm³/mol. The zero-order valence-electron chi connectivity index (χ0n) is 9.10. The van der Waals surface area contributed by atoms with E-state index in [1.54, 1.807) is 0 Å². The Morgan fingerprint density at radius 1 is 1.44 bits per heavy atom. The van der Waals surface area contributed by atoms with Crippen molar-refractivity contribution >= 4 is 17.1 Å². The number of benzene rings is 1. The van der Waals surface area contributed by atoms with Gasteiger partial charge in [-0.25, -0.2) is 0 Å². The molecule has 1 atom stereocenters. The van der Waals surface area contributed by atoms with Crippen molar-refractivity contribution in [3.8, 4) is 0 Å². The first-order chi connectivity index (χ1) is 7.88. The van der Waals surface area contributed by atoms with Gasteiger partial charge in [0.1, 0.15) is 5.52 Å². The summed E-state index contributed by atoms with van der Waals surface area (Å²) < 4.78 is 5.74. The Kier molecular flexibility index (Phi) is 2.29. The molecule has 1 aromatic heterocycles. The zero-order valence-corrected chi connectivity index (χ0v) is 9.10. The topological polar surface area (TPSA) is 55.3 Å². The number of nitrogens with zero attached hydrogens (tertiary/aromatic N) is 2. The number of para-hydroxylation sites is 2. The fraction of sp³-hybridized carbons (Fsp3) is 0.417. The van der Waals surface area contributed by atoms with Gasteiger partial charge < -0.3 is 15.1 Å². The number of aromatic nitrogens is 1. The van der Waals surface area contributed by atoms with Gasteiger partial charge in [-0.05, 0) is 25.0 Å². The lowest BCUT2D eigenvalue weighted by Gasteiger charge is -2.20. The highest BCUT2D eigenvalue weighted by Gasteiger charge is 2.26. The molecule has 4 nitrogen and oxygen atoms in total. The Morgan fingerprint density at radius 2 is 2.31 bits per heavy atom. The summed E-state index contributed by atoms with van der Waals surface area (Å²) >= 11 is 0. The lowest BCUT2D eigenvalue weighted by molar-refractivity contribution is 0.551. The molecule has 0 spiro atoms. The average Bonchev–Trinajstić information content (AvgIpc) is 2.94. The Bertz CT molecular complexity index is 461. The molecule has 0 aliphatic carbocycles. The highest BCUT2D eigenvalue weighted by molar-refractivity contribution is 5.74. The van der Waals surface area contributed by atoms with E-state index in [1.165, 1.54) is 6.42 Å². The van der Waals surface area contributed by atoms with Gasteiger partial charge >= 0.3 is 0 Å². The number of oxazole rings is 1. The normalized spacial score (nSPS) is 20.8. The molecule has 1 saturated heterocycles. The molecule has 16 heavy (non-hydrogen) atoms. The third-order valence-electron chi connectivity index (χ3n) is 3.18. The highest BCUT2D eigenvalue weighted by Crippen LogP contribution is 2.27. The van der Waals surface area contributed by atoms with E-state index in [4.69, 9.17) is 10.2 Å². The number of fused-ring (bicyclic) bond motifs is 1. The van der Waals surface area contributed by atoms with Crippen molar-refractivity contribution in [1.82, 2.24) is 4.98 Å². The first-order valence-electron chi connectivity index (χ1n) is 5.71. The minimum Gasteiger partial charge on any atom is -0.423 e. The molecule has 0 bridgehead atoms. The van der Waals surface area contributed by atoms with E-state index < -0.39 is 0 Å². The van der Waals surface area contributed by atoms with Gasteiger partial charge in [0, 0.05) is 19.1 Å². The van der Waals surface area contributed by atoms with Crippen molar-refractivity contribution in [2.45, 2.75) is 18.9 Å². The van der Waals surface area contributed by atoms with Crippen LogP contribution in [0.25, 0.3) is 11.1 Å². The summed E-state index contributed by atoms with van der Waals surface area (Å²) in [4.78, 5) is 6.68. The standard InChI is InChI=1S/C12H15N3O/c13-8-9-4-3-7-15(9)12-14-10-5-1-2-6-11(10)16-12/h1-2,5-6,9H,3-4,7-8,13H2/t9-/m0/s1. The Labute approximate surface area is 94.0 Å². The van der Waals surface area contributed by atoms with E-state index >= 15 is 0 Å². The first-order valence-corrected chi connectivity index (χ1v) is 5.71. The largest absolute Gasteiger partial charge is 0.423 e. The van der Waals surface area contributed by atoms with Gasteiger partial charge in [-0.1, -0.05) is 12.1 Å². The highest BCUT2D eigenvalue weighted by atomic mass is 16.4. The van der Waals surface area contributed by atoms with Crippen LogP contribution in [0.2, 0.25) is 0 Å². The van der Waals surface area contributed by atoms with Crippen molar-refractivity contribution < 1.29 is 4.42 Å². The van der Waals surface area contributed by atoms with Crippen LogP contribution in [0.1, 0.15) is 12.8 Å². The molecular formula is C12H15N3O. The van der Waals surface area contributed by atoms with Crippen molar-refractivity contribution in [3.63, 3.8) is 0 Å². The first kappa shape index (κ1) is 9.66. The van der Waals surface area contributed by atoms with Gasteiger partial charge in [-0.3, -0.25) is 0 Å². The van der Waals surface area contributed by atoms with Crippen molar-refractivity contribution in [1.29, 1.82) is 0 Å². The van der Waals surface area contributed by atoms with Crippen LogP contribution in [0, 0.1) is 0 Å². The summed E-state index contributed by atoms with van der Waals surface area (Å²) in [6, 6.07) is 8.94. The summed E-state index contributed by atoms with van der Waals surface area (Å²) in [6.45, 7) is 1.66. The van der Waals surface area contributed by atoms with Crippen LogP contribution in [0.15, 0.2) is 28.7 Å². The van der Waals surface area contributed by atoms with Gasteiger partial charge in [-0.2, -0.15) is 4.98 Å². The molecule has 84 valence electrons.